The van der Waals surface area contributed by atoms with Gasteiger partial charge in [-0.25, -0.2) is 0 Å². The van der Waals surface area contributed by atoms with Gasteiger partial charge >= 0.3 is 11.1 Å². The van der Waals surface area contributed by atoms with E-state index in [1.807, 2.05) is 30.3 Å². The van der Waals surface area contributed by atoms with E-state index in [1.165, 1.54) is 0 Å². The normalized spacial score (nSPS) is 12.5. The van der Waals surface area contributed by atoms with E-state index in [4.69, 9.17) is 11.6 Å². The number of benzene rings is 2. The lowest BCUT2D eigenvalue weighted by atomic mass is 10.0. The summed E-state index contributed by atoms with van der Waals surface area (Å²) in [4.78, 5) is 27.8. The molecule has 0 saturated carbocycles. The molecule has 3 aromatic rings. The highest BCUT2D eigenvalue weighted by Gasteiger charge is 2.12. The van der Waals surface area contributed by atoms with Crippen LogP contribution < -0.4 is 11.1 Å². The number of alkyl halides is 1. The van der Waals surface area contributed by atoms with E-state index in [0.29, 0.717) is 11.0 Å². The Morgan fingerprint density at radius 1 is 0.857 bits per heavy atom. The van der Waals surface area contributed by atoms with Gasteiger partial charge in [0.1, 0.15) is 0 Å². The molecule has 0 aliphatic carbocycles. The lowest BCUT2D eigenvalue weighted by molar-refractivity contribution is 1.11. The third-order valence-corrected chi connectivity index (χ3v) is 4.42. The van der Waals surface area contributed by atoms with E-state index in [9.17, 15) is 9.59 Å². The molecule has 0 saturated heterocycles. The number of aromatic amines is 2. The molecule has 6 heteroatoms. The van der Waals surface area contributed by atoms with Crippen LogP contribution in [-0.4, -0.2) is 9.97 Å². The summed E-state index contributed by atoms with van der Waals surface area (Å²) < 4.78 is 1.14. The average Bonchev–Trinajstić information content (AvgIpc) is 2.48. The van der Waals surface area contributed by atoms with Crippen molar-refractivity contribution in [2.24, 2.45) is 0 Å². The van der Waals surface area contributed by atoms with E-state index in [0.717, 1.165) is 14.7 Å². The fraction of sp³-hybridized carbons (Fsp3) is 0.0667. The lowest BCUT2D eigenvalue weighted by Gasteiger charge is -2.11. The fourth-order valence-electron chi connectivity index (χ4n) is 2.11. The molecular formula is C15H10ClIN2O2. The molecule has 2 N–H and O–H groups in total. The van der Waals surface area contributed by atoms with Crippen LogP contribution in [0, 0.1) is 3.57 Å². The number of fused-ring (bicyclic) bond motifs is 1. The monoisotopic (exact) mass is 412 g/mol. The van der Waals surface area contributed by atoms with Crippen molar-refractivity contribution in [1.29, 1.82) is 0 Å². The van der Waals surface area contributed by atoms with E-state index >= 15 is 0 Å². The zero-order valence-electron chi connectivity index (χ0n) is 10.7. The van der Waals surface area contributed by atoms with Crippen molar-refractivity contribution in [2.75, 3.05) is 0 Å². The van der Waals surface area contributed by atoms with Gasteiger partial charge in [-0.3, -0.25) is 9.59 Å². The van der Waals surface area contributed by atoms with Gasteiger partial charge in [0, 0.05) is 3.57 Å². The standard InChI is InChI=1S/C15H10ClIN2O2/c16-13(8-1-4-10(17)5-2-8)9-3-6-11-12(7-9)19-15(21)14(20)18-11/h1-7,13H,(H,18,20)(H,19,21). The fourth-order valence-corrected chi connectivity index (χ4v) is 2.76. The largest absolute Gasteiger partial charge is 0.316 e. The topological polar surface area (TPSA) is 65.7 Å². The second-order valence-electron chi connectivity index (χ2n) is 4.63. The van der Waals surface area contributed by atoms with Crippen molar-refractivity contribution in [2.45, 2.75) is 5.38 Å². The summed E-state index contributed by atoms with van der Waals surface area (Å²) in [5, 5.41) is -0.318. The predicted molar refractivity (Wildman–Crippen MR) is 92.0 cm³/mol. The maximum atomic E-state index is 11.4. The average molecular weight is 413 g/mol. The van der Waals surface area contributed by atoms with Gasteiger partial charge in [-0.15, -0.1) is 11.6 Å². The van der Waals surface area contributed by atoms with Gasteiger partial charge < -0.3 is 9.97 Å². The van der Waals surface area contributed by atoms with E-state index < -0.39 is 11.1 Å². The van der Waals surface area contributed by atoms with Gasteiger partial charge in [0.25, 0.3) is 0 Å². The van der Waals surface area contributed by atoms with Gasteiger partial charge in [0.2, 0.25) is 0 Å². The first-order valence-electron chi connectivity index (χ1n) is 6.20. The molecule has 3 rings (SSSR count). The van der Waals surface area contributed by atoms with Crippen LogP contribution in [0.1, 0.15) is 16.5 Å². The maximum Gasteiger partial charge on any atom is 0.314 e. The molecule has 0 spiro atoms. The molecule has 1 atom stereocenters. The van der Waals surface area contributed by atoms with Crippen LogP contribution in [-0.2, 0) is 0 Å². The number of halogens is 2. The summed E-state index contributed by atoms with van der Waals surface area (Å²) in [5.41, 5.74) is 1.65. The molecule has 0 bridgehead atoms. The quantitative estimate of drug-likeness (QED) is 0.386. The minimum Gasteiger partial charge on any atom is -0.316 e. The van der Waals surface area contributed by atoms with Gasteiger partial charge in [-0.05, 0) is 58.0 Å². The summed E-state index contributed by atoms with van der Waals surface area (Å²) >= 11 is 8.73. The Bertz CT molecular complexity index is 915. The van der Waals surface area contributed by atoms with Crippen LogP contribution in [0.3, 0.4) is 0 Å². The molecule has 2 aromatic carbocycles. The second kappa shape index (κ2) is 5.65. The van der Waals surface area contributed by atoms with Crippen molar-refractivity contribution < 1.29 is 0 Å². The van der Waals surface area contributed by atoms with E-state index in [1.54, 1.807) is 12.1 Å². The van der Waals surface area contributed by atoms with Gasteiger partial charge in [0.05, 0.1) is 16.4 Å². The summed E-state index contributed by atoms with van der Waals surface area (Å²) in [6.07, 6.45) is 0. The Kier molecular flexibility index (Phi) is 3.86. The molecule has 0 amide bonds. The number of H-pyrrole nitrogens is 2. The molecule has 4 nitrogen and oxygen atoms in total. The van der Waals surface area contributed by atoms with Gasteiger partial charge in [-0.1, -0.05) is 18.2 Å². The smallest absolute Gasteiger partial charge is 0.314 e. The molecule has 1 heterocycles. The first kappa shape index (κ1) is 14.3. The molecule has 0 fully saturated rings. The molecule has 106 valence electrons. The summed E-state index contributed by atoms with van der Waals surface area (Å²) in [6.45, 7) is 0. The number of rotatable bonds is 2. The highest BCUT2D eigenvalue weighted by atomic mass is 127. The molecule has 0 aliphatic heterocycles. The van der Waals surface area contributed by atoms with Crippen LogP contribution in [0.25, 0.3) is 11.0 Å². The zero-order chi connectivity index (χ0) is 15.0. The van der Waals surface area contributed by atoms with Crippen LogP contribution in [0.5, 0.6) is 0 Å². The van der Waals surface area contributed by atoms with Gasteiger partial charge in [-0.2, -0.15) is 0 Å². The summed E-state index contributed by atoms with van der Waals surface area (Å²) in [5.74, 6) is 0. The Labute approximate surface area is 138 Å². The van der Waals surface area contributed by atoms with Crippen LogP contribution in [0.4, 0.5) is 0 Å². The Hall–Kier alpha value is -1.60. The Morgan fingerprint density at radius 3 is 2.10 bits per heavy atom. The highest BCUT2D eigenvalue weighted by Crippen LogP contribution is 2.30. The van der Waals surface area contributed by atoms with E-state index in [-0.39, 0.29) is 5.38 Å². The summed E-state index contributed by atoms with van der Waals surface area (Å²) in [6, 6.07) is 13.3. The maximum absolute atomic E-state index is 11.4. The molecular weight excluding hydrogens is 403 g/mol. The first-order valence-corrected chi connectivity index (χ1v) is 7.72. The van der Waals surface area contributed by atoms with Crippen molar-refractivity contribution in [3.05, 3.63) is 77.9 Å². The van der Waals surface area contributed by atoms with Crippen LogP contribution in [0.15, 0.2) is 52.1 Å². The predicted octanol–water partition coefficient (Wildman–Crippen LogP) is 3.15. The number of hydrogen-bond donors (Lipinski definition) is 2. The van der Waals surface area contributed by atoms with Gasteiger partial charge in [0.15, 0.2) is 0 Å². The molecule has 0 aliphatic rings. The van der Waals surface area contributed by atoms with Crippen molar-refractivity contribution in [3.8, 4) is 0 Å². The molecule has 0 radical (unpaired) electrons. The first-order chi connectivity index (χ1) is 10.0. The minimum atomic E-state index is -0.667. The minimum absolute atomic E-state index is 0.318. The van der Waals surface area contributed by atoms with E-state index in [2.05, 4.69) is 32.6 Å². The van der Waals surface area contributed by atoms with Crippen molar-refractivity contribution in [3.63, 3.8) is 0 Å². The van der Waals surface area contributed by atoms with Crippen molar-refractivity contribution >= 4 is 45.2 Å². The molecule has 21 heavy (non-hydrogen) atoms. The van der Waals surface area contributed by atoms with Crippen LogP contribution in [0.2, 0.25) is 0 Å². The van der Waals surface area contributed by atoms with Crippen LogP contribution >= 0.6 is 34.2 Å². The lowest BCUT2D eigenvalue weighted by Crippen LogP contribution is -2.28. The molecule has 1 unspecified atom stereocenters. The molecule has 1 aromatic heterocycles. The highest BCUT2D eigenvalue weighted by molar-refractivity contribution is 14.1. The second-order valence-corrected chi connectivity index (χ2v) is 6.31. The number of hydrogen-bond acceptors (Lipinski definition) is 2. The Morgan fingerprint density at radius 2 is 1.43 bits per heavy atom. The number of aromatic nitrogens is 2. The zero-order valence-corrected chi connectivity index (χ0v) is 13.6. The third-order valence-electron chi connectivity index (χ3n) is 3.20. The van der Waals surface area contributed by atoms with Crippen molar-refractivity contribution in [1.82, 2.24) is 9.97 Å². The number of nitrogens with one attached hydrogen (secondary N) is 2. The Balaban J connectivity index is 2.08. The summed E-state index contributed by atoms with van der Waals surface area (Å²) in [7, 11) is 0. The third kappa shape index (κ3) is 2.89. The SMILES string of the molecule is O=c1[nH]c2ccc(C(Cl)c3ccc(I)cc3)cc2[nH]c1=O.